The quantitative estimate of drug-likeness (QED) is 0.832. The number of nitrogens with two attached hydrogens (primary N) is 1. The number of benzene rings is 1. The van der Waals surface area contributed by atoms with Crippen LogP contribution in [0.2, 0.25) is 0 Å². The third-order valence-corrected chi connectivity index (χ3v) is 4.99. The molecule has 2 aromatic rings. The SMILES string of the molecule is NCCc1cn(CCS(=O)(=O)c2ccc(Br)cc2)nn1. The molecule has 0 fully saturated rings. The summed E-state index contributed by atoms with van der Waals surface area (Å²) in [6, 6.07) is 6.59. The summed E-state index contributed by atoms with van der Waals surface area (Å²) < 4.78 is 26.7. The summed E-state index contributed by atoms with van der Waals surface area (Å²) in [5.41, 5.74) is 6.20. The molecule has 0 aliphatic heterocycles. The van der Waals surface area contributed by atoms with Gasteiger partial charge in [0.25, 0.3) is 0 Å². The first-order valence-electron chi connectivity index (χ1n) is 6.08. The van der Waals surface area contributed by atoms with Crippen LogP contribution in [0.1, 0.15) is 5.69 Å². The first kappa shape index (κ1) is 15.1. The zero-order valence-corrected chi connectivity index (χ0v) is 13.1. The summed E-state index contributed by atoms with van der Waals surface area (Å²) in [6.07, 6.45) is 2.36. The minimum absolute atomic E-state index is 0.0138. The van der Waals surface area contributed by atoms with Gasteiger partial charge in [0.1, 0.15) is 0 Å². The molecule has 20 heavy (non-hydrogen) atoms. The molecule has 0 bridgehead atoms. The smallest absolute Gasteiger partial charge is 0.180 e. The molecule has 2 rings (SSSR count). The highest BCUT2D eigenvalue weighted by Gasteiger charge is 2.14. The van der Waals surface area contributed by atoms with Gasteiger partial charge in [-0.15, -0.1) is 5.10 Å². The van der Waals surface area contributed by atoms with E-state index in [1.807, 2.05) is 0 Å². The fraction of sp³-hybridized carbons (Fsp3) is 0.333. The standard InChI is InChI=1S/C12H15BrN4O2S/c13-10-1-3-12(4-2-10)20(18,19)8-7-17-9-11(5-6-14)15-16-17/h1-4,9H,5-8,14H2. The Hall–Kier alpha value is -1.25. The van der Waals surface area contributed by atoms with Crippen LogP contribution in [0.4, 0.5) is 0 Å². The first-order chi connectivity index (χ1) is 9.51. The highest BCUT2D eigenvalue weighted by molar-refractivity contribution is 9.10. The molecule has 0 amide bonds. The highest BCUT2D eigenvalue weighted by atomic mass is 79.9. The van der Waals surface area contributed by atoms with E-state index < -0.39 is 9.84 Å². The van der Waals surface area contributed by atoms with Crippen molar-refractivity contribution in [3.8, 4) is 0 Å². The Balaban J connectivity index is 2.03. The lowest BCUT2D eigenvalue weighted by Crippen LogP contribution is -2.13. The van der Waals surface area contributed by atoms with Gasteiger partial charge in [-0.3, -0.25) is 4.68 Å². The topological polar surface area (TPSA) is 90.9 Å². The minimum Gasteiger partial charge on any atom is -0.330 e. The van der Waals surface area contributed by atoms with E-state index in [-0.39, 0.29) is 12.3 Å². The van der Waals surface area contributed by atoms with Crippen LogP contribution in [0, 0.1) is 0 Å². The molecule has 0 aliphatic rings. The summed E-state index contributed by atoms with van der Waals surface area (Å²) in [6.45, 7) is 0.770. The molecule has 6 nitrogen and oxygen atoms in total. The Labute approximate surface area is 126 Å². The van der Waals surface area contributed by atoms with Crippen molar-refractivity contribution < 1.29 is 8.42 Å². The fourth-order valence-corrected chi connectivity index (χ4v) is 3.16. The Morgan fingerprint density at radius 3 is 2.60 bits per heavy atom. The van der Waals surface area contributed by atoms with Crippen LogP contribution < -0.4 is 5.73 Å². The first-order valence-corrected chi connectivity index (χ1v) is 8.53. The molecule has 1 aromatic carbocycles. The molecule has 0 saturated carbocycles. The van der Waals surface area contributed by atoms with Gasteiger partial charge in [-0.1, -0.05) is 21.1 Å². The van der Waals surface area contributed by atoms with Crippen molar-refractivity contribution >= 4 is 25.8 Å². The molecule has 1 aromatic heterocycles. The van der Waals surface area contributed by atoms with Gasteiger partial charge >= 0.3 is 0 Å². The van der Waals surface area contributed by atoms with E-state index in [4.69, 9.17) is 5.73 Å². The predicted octanol–water partition coefficient (Wildman–Crippen LogP) is 1.02. The van der Waals surface area contributed by atoms with Gasteiger partial charge in [-0.2, -0.15) is 0 Å². The molecule has 8 heteroatoms. The second-order valence-corrected chi connectivity index (χ2v) is 7.31. The summed E-state index contributed by atoms with van der Waals surface area (Å²) in [7, 11) is -3.31. The van der Waals surface area contributed by atoms with Crippen molar-refractivity contribution in [2.45, 2.75) is 17.9 Å². The molecule has 0 unspecified atom stereocenters. The van der Waals surface area contributed by atoms with Crippen LogP contribution in [0.5, 0.6) is 0 Å². The maximum absolute atomic E-state index is 12.2. The molecule has 2 N–H and O–H groups in total. The van der Waals surface area contributed by atoms with E-state index >= 15 is 0 Å². The van der Waals surface area contributed by atoms with Gasteiger partial charge in [-0.25, -0.2) is 8.42 Å². The van der Waals surface area contributed by atoms with Crippen LogP contribution in [-0.2, 0) is 22.8 Å². The Morgan fingerprint density at radius 1 is 1.25 bits per heavy atom. The van der Waals surface area contributed by atoms with E-state index in [0.29, 0.717) is 17.9 Å². The molecular weight excluding hydrogens is 344 g/mol. The van der Waals surface area contributed by atoms with Gasteiger partial charge in [0, 0.05) is 17.1 Å². The number of nitrogens with zero attached hydrogens (tertiary/aromatic N) is 3. The molecule has 1 heterocycles. The zero-order chi connectivity index (χ0) is 14.6. The van der Waals surface area contributed by atoms with Gasteiger partial charge in [0.15, 0.2) is 9.84 Å². The highest BCUT2D eigenvalue weighted by Crippen LogP contribution is 2.16. The van der Waals surface area contributed by atoms with Gasteiger partial charge in [0.05, 0.1) is 22.9 Å². The molecule has 0 spiro atoms. The molecule has 108 valence electrons. The van der Waals surface area contributed by atoms with Gasteiger partial charge in [-0.05, 0) is 30.8 Å². The van der Waals surface area contributed by atoms with E-state index in [9.17, 15) is 8.42 Å². The van der Waals surface area contributed by atoms with Crippen molar-refractivity contribution in [2.24, 2.45) is 5.73 Å². The van der Waals surface area contributed by atoms with Crippen molar-refractivity contribution in [3.63, 3.8) is 0 Å². The van der Waals surface area contributed by atoms with Crippen molar-refractivity contribution in [2.75, 3.05) is 12.3 Å². The van der Waals surface area contributed by atoms with Crippen LogP contribution in [-0.4, -0.2) is 35.7 Å². The van der Waals surface area contributed by atoms with Crippen LogP contribution >= 0.6 is 15.9 Å². The average molecular weight is 359 g/mol. The predicted molar refractivity (Wildman–Crippen MR) is 79.0 cm³/mol. The number of aryl methyl sites for hydroxylation is 1. The number of hydrogen-bond acceptors (Lipinski definition) is 5. The third kappa shape index (κ3) is 3.87. The van der Waals surface area contributed by atoms with E-state index in [1.54, 1.807) is 30.5 Å². The van der Waals surface area contributed by atoms with Crippen molar-refractivity contribution in [1.82, 2.24) is 15.0 Å². The number of sulfone groups is 1. The largest absolute Gasteiger partial charge is 0.330 e. The Morgan fingerprint density at radius 2 is 1.95 bits per heavy atom. The van der Waals surface area contributed by atoms with Crippen molar-refractivity contribution in [1.29, 1.82) is 0 Å². The second kappa shape index (κ2) is 6.47. The number of hydrogen-bond donors (Lipinski definition) is 1. The lowest BCUT2D eigenvalue weighted by atomic mass is 10.3. The van der Waals surface area contributed by atoms with Crippen LogP contribution in [0.3, 0.4) is 0 Å². The Kier molecular flexibility index (Phi) is 4.90. The summed E-state index contributed by atoms with van der Waals surface area (Å²) in [4.78, 5) is 0.308. The number of rotatable bonds is 6. The lowest BCUT2D eigenvalue weighted by Gasteiger charge is -2.04. The van der Waals surface area contributed by atoms with E-state index in [1.165, 1.54) is 4.68 Å². The summed E-state index contributed by atoms with van der Waals surface area (Å²) in [5, 5.41) is 7.81. The van der Waals surface area contributed by atoms with Crippen LogP contribution in [0.15, 0.2) is 39.8 Å². The molecule has 0 radical (unpaired) electrons. The Bertz CT molecular complexity index is 667. The monoisotopic (exact) mass is 358 g/mol. The normalized spacial score (nSPS) is 11.7. The summed E-state index contributed by atoms with van der Waals surface area (Å²) in [5.74, 6) is -0.0138. The molecule has 0 saturated heterocycles. The molecular formula is C12H15BrN4O2S. The second-order valence-electron chi connectivity index (χ2n) is 4.28. The van der Waals surface area contributed by atoms with Gasteiger partial charge in [0.2, 0.25) is 0 Å². The minimum atomic E-state index is -3.31. The maximum Gasteiger partial charge on any atom is 0.180 e. The van der Waals surface area contributed by atoms with Crippen LogP contribution in [0.25, 0.3) is 0 Å². The molecule has 0 atom stereocenters. The maximum atomic E-state index is 12.2. The third-order valence-electron chi connectivity index (χ3n) is 2.75. The van der Waals surface area contributed by atoms with Crippen molar-refractivity contribution in [3.05, 3.63) is 40.6 Å². The van der Waals surface area contributed by atoms with E-state index in [0.717, 1.165) is 10.2 Å². The average Bonchev–Trinajstić information content (AvgIpc) is 2.85. The molecule has 0 aliphatic carbocycles. The fourth-order valence-electron chi connectivity index (χ4n) is 1.68. The number of aromatic nitrogens is 3. The summed E-state index contributed by atoms with van der Waals surface area (Å²) >= 11 is 3.28. The van der Waals surface area contributed by atoms with Gasteiger partial charge < -0.3 is 5.73 Å². The van der Waals surface area contributed by atoms with E-state index in [2.05, 4.69) is 26.2 Å². The number of halogens is 1. The lowest BCUT2D eigenvalue weighted by molar-refractivity contribution is 0.575. The zero-order valence-electron chi connectivity index (χ0n) is 10.7.